The minimum Gasteiger partial charge on any atom is -0.492 e. The molecule has 0 aliphatic carbocycles. The Morgan fingerprint density at radius 1 is 0.853 bits per heavy atom. The summed E-state index contributed by atoms with van der Waals surface area (Å²) in [6, 6.07) is 17.9. The summed E-state index contributed by atoms with van der Waals surface area (Å²) in [6.07, 6.45) is 4.47. The molecule has 1 aromatic heterocycles. The quantitative estimate of drug-likeness (QED) is 0.0662. The van der Waals surface area contributed by atoms with Gasteiger partial charge in [-0.2, -0.15) is 5.26 Å². The molecule has 4 bridgehead atoms. The van der Waals surface area contributed by atoms with Gasteiger partial charge in [-0.15, -0.1) is 0 Å². The second-order valence-corrected chi connectivity index (χ2v) is 16.9. The first kappa shape index (κ1) is 50.0. The maximum atomic E-state index is 14.8. The first-order chi connectivity index (χ1) is 32.8. The van der Waals surface area contributed by atoms with Gasteiger partial charge >= 0.3 is 0 Å². The number of nitrogens with two attached hydrogens (primary N) is 3. The van der Waals surface area contributed by atoms with Crippen LogP contribution < -0.4 is 47.9 Å². The van der Waals surface area contributed by atoms with E-state index in [1.165, 1.54) is 18.9 Å². The molecule has 0 radical (unpaired) electrons. The number of hydrogen-bond donors (Lipinski definition) is 7. The van der Waals surface area contributed by atoms with Crippen LogP contribution in [0.5, 0.6) is 11.5 Å². The van der Waals surface area contributed by atoms with Crippen molar-refractivity contribution in [2.75, 3.05) is 46.4 Å². The molecule has 0 fully saturated rings. The van der Waals surface area contributed by atoms with Crippen molar-refractivity contribution >= 4 is 40.3 Å². The van der Waals surface area contributed by atoms with Crippen molar-refractivity contribution in [2.45, 2.75) is 64.2 Å². The zero-order valence-corrected chi connectivity index (χ0v) is 38.7. The summed E-state index contributed by atoms with van der Waals surface area (Å²) >= 11 is 0. The summed E-state index contributed by atoms with van der Waals surface area (Å²) in [5, 5.41) is 21.4. The van der Waals surface area contributed by atoms with E-state index in [1.54, 1.807) is 48.5 Å². The summed E-state index contributed by atoms with van der Waals surface area (Å²) in [7, 11) is 1.43. The number of carbonyl (C=O) groups is 5. The highest BCUT2D eigenvalue weighted by Gasteiger charge is 2.36. The molecule has 4 aromatic carbocycles. The number of nitrogens with zero attached hydrogens (tertiary/aromatic N) is 4. The fourth-order valence-corrected chi connectivity index (χ4v) is 8.13. The van der Waals surface area contributed by atoms with Gasteiger partial charge in [-0.05, 0) is 96.1 Å². The Morgan fingerprint density at radius 2 is 1.51 bits per heavy atom. The number of carbonyl (C=O) groups excluding carboxylic acids is 5. The Hall–Kier alpha value is -7.46. The van der Waals surface area contributed by atoms with Crippen molar-refractivity contribution in [1.29, 1.82) is 5.26 Å². The molecule has 1 aliphatic rings. The van der Waals surface area contributed by atoms with Crippen LogP contribution in [0.1, 0.15) is 60.3 Å². The topological polar surface area (TPSA) is 283 Å². The van der Waals surface area contributed by atoms with Crippen molar-refractivity contribution in [3.63, 3.8) is 0 Å². The second kappa shape index (κ2) is 23.3. The minimum absolute atomic E-state index is 0.00133. The van der Waals surface area contributed by atoms with Gasteiger partial charge in [0.15, 0.2) is 5.82 Å². The molecule has 0 spiro atoms. The number of benzene rings is 4. The lowest BCUT2D eigenvalue weighted by Crippen LogP contribution is -2.56. The van der Waals surface area contributed by atoms with Crippen LogP contribution >= 0.6 is 0 Å². The number of amides is 5. The van der Waals surface area contributed by atoms with Gasteiger partial charge in [0.1, 0.15) is 55.4 Å². The second-order valence-electron chi connectivity index (χ2n) is 16.9. The molecule has 6 rings (SSSR count). The van der Waals surface area contributed by atoms with E-state index >= 15 is 0 Å². The Balaban J connectivity index is 1.40. The summed E-state index contributed by atoms with van der Waals surface area (Å²) in [5.74, 6) is -1.55. The van der Waals surface area contributed by atoms with Crippen molar-refractivity contribution < 1.29 is 33.4 Å². The van der Waals surface area contributed by atoms with Crippen LogP contribution in [0.15, 0.2) is 85.2 Å². The summed E-state index contributed by atoms with van der Waals surface area (Å²) in [5.41, 5.74) is 21.7. The average molecular weight is 926 g/mol. The summed E-state index contributed by atoms with van der Waals surface area (Å²) in [4.78, 5) is 81.4. The smallest absolute Gasteiger partial charge is 0.252 e. The summed E-state index contributed by atoms with van der Waals surface area (Å²) < 4.78 is 12.2. The van der Waals surface area contributed by atoms with E-state index in [4.69, 9.17) is 26.7 Å². The van der Waals surface area contributed by atoms with Gasteiger partial charge in [0.25, 0.3) is 5.91 Å². The normalized spacial score (nSPS) is 16.4. The van der Waals surface area contributed by atoms with Crippen LogP contribution in [-0.4, -0.2) is 109 Å². The molecule has 5 aromatic rings. The molecule has 5 amide bonds. The van der Waals surface area contributed by atoms with E-state index in [0.29, 0.717) is 56.4 Å². The first-order valence-electron chi connectivity index (χ1n) is 22.6. The van der Waals surface area contributed by atoms with Gasteiger partial charge < -0.3 is 52.8 Å². The van der Waals surface area contributed by atoms with E-state index < -0.39 is 53.7 Å². The first-order valence-corrected chi connectivity index (χ1v) is 22.6. The molecule has 10 N–H and O–H groups in total. The largest absolute Gasteiger partial charge is 0.492 e. The highest BCUT2D eigenvalue weighted by Crippen LogP contribution is 2.40. The number of aromatic nitrogens is 2. The summed E-state index contributed by atoms with van der Waals surface area (Å²) in [6.45, 7) is 6.07. The Labute approximate surface area is 395 Å². The fourth-order valence-electron chi connectivity index (χ4n) is 8.13. The number of nitriles is 1. The third-order valence-electron chi connectivity index (χ3n) is 11.4. The zero-order chi connectivity index (χ0) is 48.9. The Bertz CT molecular complexity index is 2670. The molecule has 0 saturated carbocycles. The SMILES string of the molecule is CC(C)Cc1cnc(-c2ccc(C(=O)N[C@@H](CCN)C(=O)N(C)[C@@H]3C(=O)N[C@@H](C)C(=O)N[C@H](C(=O)NCC#N)Cc4ccc(OCCN)c(c4)-c4cc3ccc4OCCN)c3ccccc23)nc1. The molecule has 18 heteroatoms. The minimum atomic E-state index is -1.40. The van der Waals surface area contributed by atoms with Crippen LogP contribution in [0.3, 0.4) is 0 Å². The molecule has 4 atom stereocenters. The van der Waals surface area contributed by atoms with Crippen LogP contribution in [-0.2, 0) is 32.0 Å². The molecule has 68 heavy (non-hydrogen) atoms. The predicted octanol–water partition coefficient (Wildman–Crippen LogP) is 2.67. The fraction of sp³-hybridized carbons (Fsp3) is 0.360. The van der Waals surface area contributed by atoms with Crippen molar-refractivity contribution in [3.8, 4) is 40.1 Å². The highest BCUT2D eigenvalue weighted by molar-refractivity contribution is 6.11. The van der Waals surface area contributed by atoms with E-state index in [2.05, 4.69) is 45.1 Å². The number of nitrogens with one attached hydrogen (secondary N) is 4. The zero-order valence-electron chi connectivity index (χ0n) is 38.7. The van der Waals surface area contributed by atoms with Gasteiger partial charge in [-0.3, -0.25) is 24.0 Å². The Morgan fingerprint density at radius 3 is 2.16 bits per heavy atom. The standard InChI is InChI=1S/C50H59N11O7/c1-29(2)23-32-27-56-45(57-28-32)36-11-12-37(35-8-6-5-7-34(35)36)47(63)59-40(15-16-51)50(66)61(4)44-33-10-14-43(68-22-19-54)39(26-33)38-24-31(9-13-42(38)67-21-18-53)25-41(48(64)55-20-17-52)60-46(62)30(3)58-49(44)65/h5-14,24,26-30,40-41,44H,15-16,18-23,25,51,53-54H2,1-4H3,(H,55,64)(H,58,65)(H,59,63)(H,60,62)/t30-,40-,41-,44-/m0/s1. The number of rotatable bonds is 17. The maximum absolute atomic E-state index is 14.8. The lowest BCUT2D eigenvalue weighted by atomic mass is 9.93. The number of fused-ring (bicyclic) bond motifs is 6. The number of hydrogen-bond acceptors (Lipinski definition) is 13. The molecule has 2 heterocycles. The third kappa shape index (κ3) is 11.9. The van der Waals surface area contributed by atoms with E-state index in [0.717, 1.165) is 22.9 Å². The molecule has 0 unspecified atom stereocenters. The lowest BCUT2D eigenvalue weighted by molar-refractivity contribution is -0.141. The number of likely N-dealkylation sites (N-methyl/N-ethyl adjacent to an activating group) is 1. The van der Waals surface area contributed by atoms with Gasteiger partial charge in [0.05, 0.1) is 6.07 Å². The molecule has 1 aliphatic heterocycles. The van der Waals surface area contributed by atoms with Crippen LogP contribution in [0, 0.1) is 17.2 Å². The molecule has 356 valence electrons. The van der Waals surface area contributed by atoms with Crippen molar-refractivity contribution in [3.05, 3.63) is 107 Å². The predicted molar refractivity (Wildman–Crippen MR) is 257 cm³/mol. The Kier molecular flexibility index (Phi) is 17.1. The third-order valence-corrected chi connectivity index (χ3v) is 11.4. The monoisotopic (exact) mass is 925 g/mol. The van der Waals surface area contributed by atoms with E-state index in [9.17, 15) is 29.2 Å². The average Bonchev–Trinajstić information content (AvgIpc) is 3.33. The number of ether oxygens (including phenoxy) is 2. The van der Waals surface area contributed by atoms with Crippen LogP contribution in [0.2, 0.25) is 0 Å². The van der Waals surface area contributed by atoms with E-state index in [1.807, 2.05) is 42.7 Å². The lowest BCUT2D eigenvalue weighted by Gasteiger charge is -2.32. The molecular weight excluding hydrogens is 867 g/mol. The highest BCUT2D eigenvalue weighted by atomic mass is 16.5. The molecule has 18 nitrogen and oxygen atoms in total. The molecule has 0 saturated heterocycles. The van der Waals surface area contributed by atoms with Gasteiger partial charge in [0, 0.05) is 61.2 Å². The molecular formula is C50H59N11O7. The van der Waals surface area contributed by atoms with Crippen molar-refractivity contribution in [2.24, 2.45) is 23.1 Å². The maximum Gasteiger partial charge on any atom is 0.252 e. The van der Waals surface area contributed by atoms with Crippen molar-refractivity contribution in [1.82, 2.24) is 36.1 Å². The van der Waals surface area contributed by atoms with Gasteiger partial charge in [-0.25, -0.2) is 9.97 Å². The van der Waals surface area contributed by atoms with E-state index in [-0.39, 0.29) is 52.2 Å². The van der Waals surface area contributed by atoms with Gasteiger partial charge in [0.2, 0.25) is 23.6 Å². The van der Waals surface area contributed by atoms with Gasteiger partial charge in [-0.1, -0.05) is 50.2 Å². The van der Waals surface area contributed by atoms with Crippen LogP contribution in [0.25, 0.3) is 33.3 Å². The van der Waals surface area contributed by atoms with Crippen LogP contribution in [0.4, 0.5) is 0 Å².